The van der Waals surface area contributed by atoms with E-state index in [1.165, 1.54) is 18.2 Å². The number of carbonyl (C=O) groups is 1. The van der Waals surface area contributed by atoms with Crippen LogP contribution >= 0.6 is 7.82 Å². The molecule has 0 bridgehead atoms. The van der Waals surface area contributed by atoms with Crippen LogP contribution in [0.15, 0.2) is 42.5 Å². The van der Waals surface area contributed by atoms with Crippen LogP contribution < -0.4 is 4.52 Å². The molecule has 0 unspecified atom stereocenters. The molecule has 0 radical (unpaired) electrons. The minimum absolute atomic E-state index is 0.0654. The number of Topliss-reactive ketones (excluding diaryl/α,β-unsaturated/α-hetero) is 1. The van der Waals surface area contributed by atoms with E-state index < -0.39 is 19.4 Å². The first kappa shape index (κ1) is 18.0. The third-order valence-corrected chi connectivity index (χ3v) is 3.74. The second kappa shape index (κ2) is 7.49. The van der Waals surface area contributed by atoms with E-state index in [-0.39, 0.29) is 23.5 Å². The highest BCUT2D eigenvalue weighted by Gasteiger charge is 2.23. The number of aromatic hydroxyl groups is 2. The zero-order chi connectivity index (χ0) is 17.7. The first-order valence-corrected chi connectivity index (χ1v) is 8.67. The lowest BCUT2D eigenvalue weighted by molar-refractivity contribution is 0.0975. The molecule has 0 saturated carbocycles. The van der Waals surface area contributed by atoms with Gasteiger partial charge in [0.15, 0.2) is 5.78 Å². The van der Waals surface area contributed by atoms with Crippen LogP contribution in [0.3, 0.4) is 0 Å². The van der Waals surface area contributed by atoms with E-state index in [1.54, 1.807) is 24.3 Å². The topological polar surface area (TPSA) is 124 Å². The van der Waals surface area contributed by atoms with Gasteiger partial charge >= 0.3 is 7.82 Å². The van der Waals surface area contributed by atoms with Crippen molar-refractivity contribution >= 4 is 13.6 Å². The largest absolute Gasteiger partial charge is 0.524 e. The van der Waals surface area contributed by atoms with E-state index in [0.717, 1.165) is 5.56 Å². The summed E-state index contributed by atoms with van der Waals surface area (Å²) in [6.07, 6.45) is 1.11. The summed E-state index contributed by atoms with van der Waals surface area (Å²) in [4.78, 5) is 30.1. The highest BCUT2D eigenvalue weighted by atomic mass is 31.2. The quantitative estimate of drug-likeness (QED) is 0.446. The van der Waals surface area contributed by atoms with Crippen molar-refractivity contribution in [2.24, 2.45) is 0 Å². The first-order chi connectivity index (χ1) is 11.3. The number of phosphoric acid groups is 1. The van der Waals surface area contributed by atoms with Crippen LogP contribution in [0.2, 0.25) is 0 Å². The van der Waals surface area contributed by atoms with Crippen LogP contribution in [-0.4, -0.2) is 25.8 Å². The molecule has 0 heterocycles. The van der Waals surface area contributed by atoms with Gasteiger partial charge in [0.2, 0.25) is 0 Å². The minimum Gasteiger partial charge on any atom is -0.508 e. The minimum atomic E-state index is -4.84. The molecule has 0 aromatic heterocycles. The Morgan fingerprint density at radius 3 is 2.33 bits per heavy atom. The number of phosphoric ester groups is 1. The molecule has 2 rings (SSSR count). The maximum atomic E-state index is 12.3. The van der Waals surface area contributed by atoms with E-state index in [9.17, 15) is 19.6 Å². The van der Waals surface area contributed by atoms with Crippen LogP contribution in [0.25, 0.3) is 0 Å². The van der Waals surface area contributed by atoms with Gasteiger partial charge < -0.3 is 14.7 Å². The number of phenols is 2. The summed E-state index contributed by atoms with van der Waals surface area (Å²) in [5.74, 6) is -1.06. The maximum Gasteiger partial charge on any atom is 0.524 e. The fraction of sp³-hybridized carbons (Fsp3) is 0.188. The molecular weight excluding hydrogens is 335 g/mol. The van der Waals surface area contributed by atoms with E-state index in [4.69, 9.17) is 9.79 Å². The van der Waals surface area contributed by atoms with Crippen LogP contribution in [0.1, 0.15) is 28.8 Å². The van der Waals surface area contributed by atoms with Crippen LogP contribution in [0.5, 0.6) is 17.2 Å². The summed E-state index contributed by atoms with van der Waals surface area (Å²) in [6, 6.07) is 10.4. The third-order valence-electron chi connectivity index (χ3n) is 3.31. The SMILES string of the molecule is O=C(CCCc1ccc(O)cc1)c1c(O)cccc1OP(=O)(O)O. The molecule has 0 spiro atoms. The van der Waals surface area contributed by atoms with Crippen molar-refractivity contribution < 1.29 is 33.9 Å². The number of phenolic OH excluding ortho intramolecular Hbond substituents is 2. The summed E-state index contributed by atoms with van der Waals surface area (Å²) < 4.78 is 15.4. The summed E-state index contributed by atoms with van der Waals surface area (Å²) in [7, 11) is -4.84. The van der Waals surface area contributed by atoms with E-state index in [0.29, 0.717) is 12.8 Å². The van der Waals surface area contributed by atoms with E-state index in [2.05, 4.69) is 4.52 Å². The Kier molecular flexibility index (Phi) is 5.62. The number of ketones is 1. The van der Waals surface area contributed by atoms with Gasteiger partial charge in [-0.05, 0) is 42.7 Å². The molecule has 8 heteroatoms. The highest BCUT2D eigenvalue weighted by Crippen LogP contribution is 2.41. The van der Waals surface area contributed by atoms with Gasteiger partial charge in [-0.3, -0.25) is 14.6 Å². The number of rotatable bonds is 7. The number of aryl methyl sites for hydroxylation is 1. The van der Waals surface area contributed by atoms with Gasteiger partial charge in [0.25, 0.3) is 0 Å². The summed E-state index contributed by atoms with van der Waals surface area (Å²) in [5.41, 5.74) is 0.691. The molecule has 2 aromatic rings. The molecule has 0 amide bonds. The van der Waals surface area contributed by atoms with Crippen LogP contribution in [0, 0.1) is 0 Å². The van der Waals surface area contributed by atoms with Gasteiger partial charge in [-0.2, -0.15) is 0 Å². The Morgan fingerprint density at radius 2 is 1.71 bits per heavy atom. The van der Waals surface area contributed by atoms with Crippen LogP contribution in [0.4, 0.5) is 0 Å². The van der Waals surface area contributed by atoms with Gasteiger partial charge in [-0.1, -0.05) is 18.2 Å². The zero-order valence-corrected chi connectivity index (χ0v) is 13.5. The zero-order valence-electron chi connectivity index (χ0n) is 12.6. The van der Waals surface area contributed by atoms with Crippen molar-refractivity contribution in [3.05, 3.63) is 53.6 Å². The number of carbonyl (C=O) groups excluding carboxylic acids is 1. The van der Waals surface area contributed by atoms with Crippen molar-refractivity contribution in [3.63, 3.8) is 0 Å². The fourth-order valence-electron chi connectivity index (χ4n) is 2.24. The van der Waals surface area contributed by atoms with Gasteiger partial charge in [-0.25, -0.2) is 4.57 Å². The van der Waals surface area contributed by atoms with Crippen molar-refractivity contribution in [2.75, 3.05) is 0 Å². The van der Waals surface area contributed by atoms with Crippen molar-refractivity contribution in [1.82, 2.24) is 0 Å². The average Bonchev–Trinajstić information content (AvgIpc) is 2.47. The molecule has 2 aromatic carbocycles. The smallest absolute Gasteiger partial charge is 0.508 e. The van der Waals surface area contributed by atoms with Crippen LogP contribution in [-0.2, 0) is 11.0 Å². The van der Waals surface area contributed by atoms with E-state index >= 15 is 0 Å². The monoisotopic (exact) mass is 352 g/mol. The Bertz CT molecular complexity index is 764. The molecule has 0 atom stereocenters. The maximum absolute atomic E-state index is 12.3. The van der Waals surface area contributed by atoms with Crippen molar-refractivity contribution in [2.45, 2.75) is 19.3 Å². The standard InChI is InChI=1S/C16H17O7P/c17-12-9-7-11(8-10-12)3-1-4-13(18)16-14(19)5-2-6-15(16)23-24(20,21)22/h2,5-10,17,19H,1,3-4H2,(H2,20,21,22). The normalized spacial score (nSPS) is 11.2. The highest BCUT2D eigenvalue weighted by molar-refractivity contribution is 7.46. The first-order valence-electron chi connectivity index (χ1n) is 7.14. The predicted octanol–water partition coefficient (Wildman–Crippen LogP) is 2.77. The average molecular weight is 352 g/mol. The summed E-state index contributed by atoms with van der Waals surface area (Å²) in [5, 5.41) is 19.0. The molecule has 0 saturated heterocycles. The molecular formula is C16H17O7P. The van der Waals surface area contributed by atoms with Crippen molar-refractivity contribution in [3.8, 4) is 17.2 Å². The molecule has 7 nitrogen and oxygen atoms in total. The Balaban J connectivity index is 2.06. The lowest BCUT2D eigenvalue weighted by atomic mass is 10.0. The second-order valence-electron chi connectivity index (χ2n) is 5.18. The molecule has 4 N–H and O–H groups in total. The van der Waals surface area contributed by atoms with Gasteiger partial charge in [-0.15, -0.1) is 0 Å². The molecule has 128 valence electrons. The summed E-state index contributed by atoms with van der Waals surface area (Å²) >= 11 is 0. The lowest BCUT2D eigenvalue weighted by Crippen LogP contribution is -2.04. The Morgan fingerprint density at radius 1 is 1.04 bits per heavy atom. The number of hydrogen-bond donors (Lipinski definition) is 4. The van der Waals surface area contributed by atoms with Gasteiger partial charge in [0, 0.05) is 6.42 Å². The lowest BCUT2D eigenvalue weighted by Gasteiger charge is -2.12. The molecule has 0 aliphatic heterocycles. The second-order valence-corrected chi connectivity index (χ2v) is 6.34. The Hall–Kier alpha value is -2.34. The van der Waals surface area contributed by atoms with Gasteiger partial charge in [0.05, 0.1) is 0 Å². The number of hydrogen-bond acceptors (Lipinski definition) is 5. The molecule has 0 aliphatic rings. The molecule has 24 heavy (non-hydrogen) atoms. The molecule has 0 fully saturated rings. The molecule has 0 aliphatic carbocycles. The fourth-order valence-corrected chi connectivity index (χ4v) is 2.65. The van der Waals surface area contributed by atoms with E-state index in [1.807, 2.05) is 0 Å². The predicted molar refractivity (Wildman–Crippen MR) is 86.2 cm³/mol. The van der Waals surface area contributed by atoms with Crippen molar-refractivity contribution in [1.29, 1.82) is 0 Å². The number of benzene rings is 2. The van der Waals surface area contributed by atoms with Gasteiger partial charge in [0.1, 0.15) is 22.8 Å². The summed E-state index contributed by atoms with van der Waals surface area (Å²) in [6.45, 7) is 0. The Labute approximate surface area is 138 Å². The third kappa shape index (κ3) is 5.09.